The lowest BCUT2D eigenvalue weighted by atomic mass is 10.0. The van der Waals surface area contributed by atoms with Crippen molar-refractivity contribution in [3.05, 3.63) is 53.9 Å². The summed E-state index contributed by atoms with van der Waals surface area (Å²) < 4.78 is 5.89. The van der Waals surface area contributed by atoms with Gasteiger partial charge in [-0.3, -0.25) is 4.98 Å². The summed E-state index contributed by atoms with van der Waals surface area (Å²) in [5.41, 5.74) is 10.1. The van der Waals surface area contributed by atoms with E-state index in [1.54, 1.807) is 6.20 Å². The average molecular weight is 263 g/mol. The first-order valence-electron chi connectivity index (χ1n) is 6.94. The number of nitrogens with zero attached hydrogens (tertiary/aromatic N) is 1. The lowest BCUT2D eigenvalue weighted by Gasteiger charge is -2.05. The molecule has 2 aromatic heterocycles. The standard InChI is InChI=1S/C17H15N2O/c18-10-14-8-13-7-12(16-3-1-2-6-19-16)9-15(11-4-5-11)17(13)20-14/h1,3,6-9,11H,4-5,10,18H2. The van der Waals surface area contributed by atoms with E-state index in [4.69, 9.17) is 10.2 Å². The predicted molar refractivity (Wildman–Crippen MR) is 78.1 cm³/mol. The minimum Gasteiger partial charge on any atom is -0.459 e. The minimum absolute atomic E-state index is 0.437. The molecule has 4 rings (SSSR count). The third-order valence-corrected chi connectivity index (χ3v) is 3.83. The molecular weight excluding hydrogens is 248 g/mol. The van der Waals surface area contributed by atoms with Crippen LogP contribution in [0.25, 0.3) is 22.2 Å². The second kappa shape index (κ2) is 4.46. The summed E-state index contributed by atoms with van der Waals surface area (Å²) in [6.07, 6.45) is 4.19. The molecule has 3 heteroatoms. The highest BCUT2D eigenvalue weighted by molar-refractivity contribution is 5.87. The summed E-state index contributed by atoms with van der Waals surface area (Å²) in [5.74, 6) is 1.47. The van der Waals surface area contributed by atoms with Crippen molar-refractivity contribution in [2.24, 2.45) is 5.73 Å². The van der Waals surface area contributed by atoms with Gasteiger partial charge in [-0.1, -0.05) is 6.07 Å². The Kier molecular flexibility index (Phi) is 2.60. The molecule has 0 unspecified atom stereocenters. The van der Waals surface area contributed by atoms with Gasteiger partial charge in [0.05, 0.1) is 12.2 Å². The number of pyridine rings is 1. The molecule has 1 radical (unpaired) electrons. The maximum atomic E-state index is 5.89. The lowest BCUT2D eigenvalue weighted by Crippen LogP contribution is -1.92. The van der Waals surface area contributed by atoms with Crippen LogP contribution in [0.4, 0.5) is 0 Å². The number of hydrogen-bond donors (Lipinski definition) is 1. The molecule has 0 atom stereocenters. The largest absolute Gasteiger partial charge is 0.459 e. The molecule has 1 aliphatic carbocycles. The molecule has 3 nitrogen and oxygen atoms in total. The number of benzene rings is 1. The van der Waals surface area contributed by atoms with Gasteiger partial charge in [-0.15, -0.1) is 0 Å². The van der Waals surface area contributed by atoms with Crippen LogP contribution >= 0.6 is 0 Å². The Morgan fingerprint density at radius 2 is 2.20 bits per heavy atom. The van der Waals surface area contributed by atoms with Gasteiger partial charge >= 0.3 is 0 Å². The number of hydrogen-bond acceptors (Lipinski definition) is 3. The van der Waals surface area contributed by atoms with Crippen LogP contribution in [-0.2, 0) is 6.54 Å². The monoisotopic (exact) mass is 263 g/mol. The number of rotatable bonds is 3. The maximum Gasteiger partial charge on any atom is 0.137 e. The van der Waals surface area contributed by atoms with Crippen LogP contribution in [0, 0.1) is 6.07 Å². The van der Waals surface area contributed by atoms with E-state index in [1.165, 1.54) is 18.4 Å². The van der Waals surface area contributed by atoms with Gasteiger partial charge in [0.25, 0.3) is 0 Å². The Bertz CT molecular complexity index is 757. The topological polar surface area (TPSA) is 52.0 Å². The van der Waals surface area contributed by atoms with Gasteiger partial charge in [-0.25, -0.2) is 0 Å². The van der Waals surface area contributed by atoms with Gasteiger partial charge in [-0.05, 0) is 48.6 Å². The molecule has 0 saturated heterocycles. The quantitative estimate of drug-likeness (QED) is 0.785. The Morgan fingerprint density at radius 3 is 2.90 bits per heavy atom. The molecule has 20 heavy (non-hydrogen) atoms. The number of furan rings is 1. The highest BCUT2D eigenvalue weighted by Gasteiger charge is 2.27. The van der Waals surface area contributed by atoms with E-state index in [-0.39, 0.29) is 0 Å². The average Bonchev–Trinajstić information content (AvgIpc) is 3.25. The van der Waals surface area contributed by atoms with Gasteiger partial charge in [0.2, 0.25) is 0 Å². The van der Waals surface area contributed by atoms with Crippen LogP contribution in [0.1, 0.15) is 30.1 Å². The first-order valence-corrected chi connectivity index (χ1v) is 6.94. The second-order valence-corrected chi connectivity index (χ2v) is 5.32. The van der Waals surface area contributed by atoms with Gasteiger partial charge in [0, 0.05) is 23.2 Å². The molecular formula is C17H15N2O. The zero-order valence-corrected chi connectivity index (χ0v) is 11.1. The van der Waals surface area contributed by atoms with Crippen molar-refractivity contribution in [2.45, 2.75) is 25.3 Å². The van der Waals surface area contributed by atoms with Crippen molar-refractivity contribution in [3.63, 3.8) is 0 Å². The van der Waals surface area contributed by atoms with E-state index < -0.39 is 0 Å². The van der Waals surface area contributed by atoms with Gasteiger partial charge in [0.1, 0.15) is 11.3 Å². The molecule has 2 heterocycles. The van der Waals surface area contributed by atoms with Gasteiger partial charge in [-0.2, -0.15) is 0 Å². The molecule has 1 aromatic carbocycles. The zero-order chi connectivity index (χ0) is 13.5. The third-order valence-electron chi connectivity index (χ3n) is 3.83. The molecule has 1 aliphatic rings. The van der Waals surface area contributed by atoms with E-state index in [2.05, 4.69) is 23.2 Å². The molecule has 0 spiro atoms. The fourth-order valence-corrected chi connectivity index (χ4v) is 2.67. The van der Waals surface area contributed by atoms with Crippen molar-refractivity contribution in [1.82, 2.24) is 4.98 Å². The molecule has 1 saturated carbocycles. The summed E-state index contributed by atoms with van der Waals surface area (Å²) in [6, 6.07) is 13.2. The summed E-state index contributed by atoms with van der Waals surface area (Å²) >= 11 is 0. The summed E-state index contributed by atoms with van der Waals surface area (Å²) in [5, 5.41) is 1.12. The van der Waals surface area contributed by atoms with Gasteiger partial charge < -0.3 is 10.2 Å². The summed E-state index contributed by atoms with van der Waals surface area (Å²) in [7, 11) is 0. The minimum atomic E-state index is 0.437. The first kappa shape index (κ1) is 11.7. The SMILES string of the molecule is NCc1cc2cc(-c3cc[c]cn3)cc(C3CC3)c2o1. The predicted octanol–water partition coefficient (Wildman–Crippen LogP) is 3.63. The number of fused-ring (bicyclic) bond motifs is 1. The van der Waals surface area contributed by atoms with Crippen LogP contribution in [0.2, 0.25) is 0 Å². The second-order valence-electron chi connectivity index (χ2n) is 5.32. The van der Waals surface area contributed by atoms with Gasteiger partial charge in [0.15, 0.2) is 0 Å². The molecule has 0 aliphatic heterocycles. The van der Waals surface area contributed by atoms with Crippen molar-refractivity contribution >= 4 is 11.0 Å². The Hall–Kier alpha value is -2.13. The smallest absolute Gasteiger partial charge is 0.137 e. The van der Waals surface area contributed by atoms with E-state index in [1.807, 2.05) is 18.2 Å². The first-order chi connectivity index (χ1) is 9.85. The third kappa shape index (κ3) is 1.91. The summed E-state index contributed by atoms with van der Waals surface area (Å²) in [6.45, 7) is 0.437. The molecule has 1 fully saturated rings. The van der Waals surface area contributed by atoms with Crippen LogP contribution in [0.15, 0.2) is 40.9 Å². The highest BCUT2D eigenvalue weighted by Crippen LogP contribution is 2.45. The number of nitrogens with two attached hydrogens (primary N) is 1. The number of aromatic nitrogens is 1. The Labute approximate surface area is 117 Å². The fourth-order valence-electron chi connectivity index (χ4n) is 2.67. The Balaban J connectivity index is 1.94. The van der Waals surface area contributed by atoms with Crippen molar-refractivity contribution in [3.8, 4) is 11.3 Å². The lowest BCUT2D eigenvalue weighted by molar-refractivity contribution is 0.549. The molecule has 99 valence electrons. The molecule has 2 N–H and O–H groups in total. The molecule has 0 bridgehead atoms. The van der Waals surface area contributed by atoms with Crippen molar-refractivity contribution in [1.29, 1.82) is 0 Å². The van der Waals surface area contributed by atoms with E-state index in [0.717, 1.165) is 28.0 Å². The van der Waals surface area contributed by atoms with Crippen molar-refractivity contribution < 1.29 is 4.42 Å². The molecule has 3 aromatic rings. The van der Waals surface area contributed by atoms with Crippen LogP contribution in [-0.4, -0.2) is 4.98 Å². The fraction of sp³-hybridized carbons (Fsp3) is 0.235. The van der Waals surface area contributed by atoms with E-state index in [0.29, 0.717) is 12.5 Å². The highest BCUT2D eigenvalue weighted by atomic mass is 16.3. The van der Waals surface area contributed by atoms with Crippen LogP contribution in [0.5, 0.6) is 0 Å². The van der Waals surface area contributed by atoms with Crippen LogP contribution < -0.4 is 5.73 Å². The van der Waals surface area contributed by atoms with Crippen molar-refractivity contribution in [2.75, 3.05) is 0 Å². The molecule has 0 amide bonds. The van der Waals surface area contributed by atoms with Crippen LogP contribution in [0.3, 0.4) is 0 Å². The Morgan fingerprint density at radius 1 is 1.30 bits per heavy atom. The summed E-state index contributed by atoms with van der Waals surface area (Å²) in [4.78, 5) is 4.39. The van der Waals surface area contributed by atoms with E-state index >= 15 is 0 Å². The van der Waals surface area contributed by atoms with E-state index in [9.17, 15) is 0 Å². The zero-order valence-electron chi connectivity index (χ0n) is 11.1. The normalized spacial score (nSPS) is 14.8. The maximum absolute atomic E-state index is 5.89.